The van der Waals surface area contributed by atoms with E-state index in [4.69, 9.17) is 16.7 Å². The largest absolute Gasteiger partial charge is 0.481 e. The van der Waals surface area contributed by atoms with Gasteiger partial charge in [0.05, 0.1) is 16.4 Å². The molecule has 1 aromatic carbocycles. The van der Waals surface area contributed by atoms with Crippen LogP contribution in [0.3, 0.4) is 0 Å². The summed E-state index contributed by atoms with van der Waals surface area (Å²) in [4.78, 5) is 9.94. The van der Waals surface area contributed by atoms with Crippen LogP contribution in [0, 0.1) is 5.92 Å². The van der Waals surface area contributed by atoms with Gasteiger partial charge in [0.2, 0.25) is 10.0 Å². The zero-order valence-corrected chi connectivity index (χ0v) is 12.5. The maximum atomic E-state index is 13.0. The van der Waals surface area contributed by atoms with Crippen LogP contribution in [0.25, 0.3) is 0 Å². The van der Waals surface area contributed by atoms with Crippen molar-refractivity contribution in [2.75, 3.05) is 13.1 Å². The highest BCUT2D eigenvalue weighted by atomic mass is 35.5. The van der Waals surface area contributed by atoms with E-state index < -0.39 is 38.5 Å². The second-order valence-corrected chi connectivity index (χ2v) is 7.17. The highest BCUT2D eigenvalue weighted by Gasteiger charge is 2.42. The maximum Gasteiger partial charge on any atom is 0.417 e. The number of carboxylic acids is 1. The van der Waals surface area contributed by atoms with E-state index in [9.17, 15) is 26.4 Å². The first-order valence-corrected chi connectivity index (χ1v) is 7.95. The molecule has 0 bridgehead atoms. The fraction of sp³-hybridized carbons (Fsp3) is 0.417. The summed E-state index contributed by atoms with van der Waals surface area (Å²) in [5.41, 5.74) is -1.36. The summed E-state index contributed by atoms with van der Waals surface area (Å²) in [5.74, 6) is -2.10. The van der Waals surface area contributed by atoms with E-state index in [1.807, 2.05) is 0 Å². The molecule has 0 amide bonds. The van der Waals surface area contributed by atoms with Gasteiger partial charge in [-0.05, 0) is 24.6 Å². The average Bonchev–Trinajstić information content (AvgIpc) is 2.87. The Bertz CT molecular complexity index is 705. The van der Waals surface area contributed by atoms with Crippen molar-refractivity contribution in [3.8, 4) is 0 Å². The molecule has 2 rings (SSSR count). The molecule has 0 unspecified atom stereocenters. The number of rotatable bonds is 3. The lowest BCUT2D eigenvalue weighted by Crippen LogP contribution is -2.31. The topological polar surface area (TPSA) is 74.7 Å². The zero-order valence-electron chi connectivity index (χ0n) is 11.0. The standard InChI is InChI=1S/C12H11ClF3NO4S/c13-8-1-2-10(9(5-8)12(14,15)16)22(20,21)17-4-3-7(6-17)11(18)19/h1-2,5,7H,3-4,6H2,(H,18,19)/t7-/m1/s1. The molecule has 1 N–H and O–H groups in total. The minimum absolute atomic E-state index is 0.0590. The van der Waals surface area contributed by atoms with Crippen molar-refractivity contribution in [3.05, 3.63) is 28.8 Å². The average molecular weight is 358 g/mol. The zero-order chi connectivity index (χ0) is 16.7. The van der Waals surface area contributed by atoms with E-state index in [-0.39, 0.29) is 24.5 Å². The summed E-state index contributed by atoms with van der Waals surface area (Å²) in [6, 6.07) is 2.38. The molecular weight excluding hydrogens is 347 g/mol. The summed E-state index contributed by atoms with van der Waals surface area (Å²) in [5, 5.41) is 8.63. The number of benzene rings is 1. The Labute approximate surface area is 129 Å². The second kappa shape index (κ2) is 5.71. The number of hydrogen-bond donors (Lipinski definition) is 1. The normalized spacial score (nSPS) is 20.3. The van der Waals surface area contributed by atoms with Crippen LogP contribution in [0.4, 0.5) is 13.2 Å². The molecule has 1 aliphatic rings. The third-order valence-electron chi connectivity index (χ3n) is 3.37. The van der Waals surface area contributed by atoms with Gasteiger partial charge in [-0.2, -0.15) is 17.5 Å². The van der Waals surface area contributed by atoms with Crippen LogP contribution >= 0.6 is 11.6 Å². The van der Waals surface area contributed by atoms with E-state index in [1.54, 1.807) is 0 Å². The number of carbonyl (C=O) groups is 1. The predicted octanol–water partition coefficient (Wildman–Crippen LogP) is 2.45. The van der Waals surface area contributed by atoms with E-state index in [0.717, 1.165) is 16.4 Å². The van der Waals surface area contributed by atoms with Crippen molar-refractivity contribution in [3.63, 3.8) is 0 Å². The Morgan fingerprint density at radius 2 is 2.00 bits per heavy atom. The number of halogens is 4. The molecule has 1 fully saturated rings. The number of aliphatic carboxylic acids is 1. The monoisotopic (exact) mass is 357 g/mol. The van der Waals surface area contributed by atoms with Crippen molar-refractivity contribution in [2.45, 2.75) is 17.5 Å². The molecule has 1 heterocycles. The molecule has 0 aliphatic carbocycles. The SMILES string of the molecule is O=C(O)[C@@H]1CCN(S(=O)(=O)c2ccc(Cl)cc2C(F)(F)F)C1. The van der Waals surface area contributed by atoms with Crippen molar-refractivity contribution in [1.82, 2.24) is 4.31 Å². The van der Waals surface area contributed by atoms with Crippen LogP contribution < -0.4 is 0 Å². The Hall–Kier alpha value is -1.32. The van der Waals surface area contributed by atoms with Gasteiger partial charge < -0.3 is 5.11 Å². The van der Waals surface area contributed by atoms with Gasteiger partial charge in [-0.15, -0.1) is 0 Å². The van der Waals surface area contributed by atoms with Crippen LogP contribution in [0.1, 0.15) is 12.0 Å². The Kier molecular flexibility index (Phi) is 4.42. The molecule has 5 nitrogen and oxygen atoms in total. The highest BCUT2D eigenvalue weighted by Crippen LogP contribution is 2.37. The van der Waals surface area contributed by atoms with Gasteiger partial charge in [-0.25, -0.2) is 8.42 Å². The van der Waals surface area contributed by atoms with Gasteiger partial charge in [0.25, 0.3) is 0 Å². The molecule has 122 valence electrons. The lowest BCUT2D eigenvalue weighted by molar-refractivity contribution is -0.141. The Morgan fingerprint density at radius 3 is 2.50 bits per heavy atom. The lowest BCUT2D eigenvalue weighted by Gasteiger charge is -2.19. The fourth-order valence-corrected chi connectivity index (χ4v) is 4.10. The Morgan fingerprint density at radius 1 is 1.36 bits per heavy atom. The first kappa shape index (κ1) is 17.0. The van der Waals surface area contributed by atoms with Crippen LogP contribution in [-0.2, 0) is 21.0 Å². The molecule has 0 spiro atoms. The van der Waals surface area contributed by atoms with Gasteiger partial charge in [-0.3, -0.25) is 4.79 Å². The molecule has 1 aromatic rings. The molecule has 0 radical (unpaired) electrons. The van der Waals surface area contributed by atoms with Crippen LogP contribution in [0.5, 0.6) is 0 Å². The number of alkyl halides is 3. The smallest absolute Gasteiger partial charge is 0.417 e. The minimum Gasteiger partial charge on any atom is -0.481 e. The molecule has 10 heteroatoms. The molecule has 0 aromatic heterocycles. The summed E-state index contributed by atoms with van der Waals surface area (Å²) >= 11 is 5.51. The van der Waals surface area contributed by atoms with Crippen molar-refractivity contribution < 1.29 is 31.5 Å². The summed E-state index contributed by atoms with van der Waals surface area (Å²) in [6.45, 7) is -0.489. The van der Waals surface area contributed by atoms with Gasteiger partial charge in [0, 0.05) is 18.1 Å². The number of carboxylic acid groups (broad SMARTS) is 1. The fourth-order valence-electron chi connectivity index (χ4n) is 2.24. The predicted molar refractivity (Wildman–Crippen MR) is 71.0 cm³/mol. The van der Waals surface area contributed by atoms with Gasteiger partial charge in [0.15, 0.2) is 0 Å². The molecule has 22 heavy (non-hydrogen) atoms. The van der Waals surface area contributed by atoms with E-state index in [2.05, 4.69) is 0 Å². The van der Waals surface area contributed by atoms with Crippen LogP contribution in [-0.4, -0.2) is 36.9 Å². The number of nitrogens with zero attached hydrogens (tertiary/aromatic N) is 1. The Balaban J connectivity index is 2.45. The van der Waals surface area contributed by atoms with Crippen molar-refractivity contribution in [2.24, 2.45) is 5.92 Å². The summed E-state index contributed by atoms with van der Waals surface area (Å²) in [7, 11) is -4.44. The van der Waals surface area contributed by atoms with Crippen LogP contribution in [0.2, 0.25) is 5.02 Å². The second-order valence-electron chi connectivity index (χ2n) is 4.83. The molecule has 1 aliphatic heterocycles. The third kappa shape index (κ3) is 3.21. The van der Waals surface area contributed by atoms with E-state index in [1.165, 1.54) is 0 Å². The van der Waals surface area contributed by atoms with Gasteiger partial charge in [-0.1, -0.05) is 11.6 Å². The van der Waals surface area contributed by atoms with Crippen molar-refractivity contribution in [1.29, 1.82) is 0 Å². The molecular formula is C12H11ClF3NO4S. The van der Waals surface area contributed by atoms with E-state index >= 15 is 0 Å². The van der Waals surface area contributed by atoms with Crippen molar-refractivity contribution >= 4 is 27.6 Å². The number of hydrogen-bond acceptors (Lipinski definition) is 3. The molecule has 1 saturated heterocycles. The lowest BCUT2D eigenvalue weighted by atomic mass is 10.1. The minimum atomic E-state index is -4.89. The summed E-state index contributed by atoms with van der Waals surface area (Å²) < 4.78 is 64.5. The quantitative estimate of drug-likeness (QED) is 0.901. The number of sulfonamides is 1. The third-order valence-corrected chi connectivity index (χ3v) is 5.52. The van der Waals surface area contributed by atoms with Crippen LogP contribution in [0.15, 0.2) is 23.1 Å². The van der Waals surface area contributed by atoms with Gasteiger partial charge >= 0.3 is 12.1 Å². The first-order chi connectivity index (χ1) is 10.0. The molecule has 1 atom stereocenters. The first-order valence-electron chi connectivity index (χ1n) is 6.13. The van der Waals surface area contributed by atoms with E-state index in [0.29, 0.717) is 6.07 Å². The maximum absolute atomic E-state index is 13.0. The van der Waals surface area contributed by atoms with Gasteiger partial charge in [0.1, 0.15) is 0 Å². The molecule has 0 saturated carbocycles. The highest BCUT2D eigenvalue weighted by molar-refractivity contribution is 7.89. The summed E-state index contributed by atoms with van der Waals surface area (Å²) in [6.07, 6.45) is -4.83.